The number of thioether (sulfide) groups is 1. The average Bonchev–Trinajstić information content (AvgIpc) is 2.60. The number of nitrogens with zero attached hydrogens (tertiary/aromatic N) is 1. The van der Waals surface area contributed by atoms with Crippen LogP contribution in [0.25, 0.3) is 10.8 Å². The Balaban J connectivity index is 1.68. The van der Waals surface area contributed by atoms with Gasteiger partial charge in [-0.3, -0.25) is 5.41 Å². The van der Waals surface area contributed by atoms with Crippen molar-refractivity contribution in [2.45, 2.75) is 17.4 Å². The highest BCUT2D eigenvalue weighted by atomic mass is 32.2. The first-order valence-corrected chi connectivity index (χ1v) is 8.98. The lowest BCUT2D eigenvalue weighted by molar-refractivity contribution is 0.647. The van der Waals surface area contributed by atoms with E-state index in [1.807, 2.05) is 0 Å². The summed E-state index contributed by atoms with van der Waals surface area (Å²) in [4.78, 5) is 3.39. The van der Waals surface area contributed by atoms with Crippen LogP contribution in [0.5, 0.6) is 0 Å². The van der Waals surface area contributed by atoms with E-state index in [0.29, 0.717) is 5.84 Å². The first-order valence-electron chi connectivity index (χ1n) is 7.76. The van der Waals surface area contributed by atoms with Crippen molar-refractivity contribution in [3.05, 3.63) is 72.3 Å². The predicted molar refractivity (Wildman–Crippen MR) is 99.7 cm³/mol. The van der Waals surface area contributed by atoms with Crippen molar-refractivity contribution in [2.24, 2.45) is 0 Å². The van der Waals surface area contributed by atoms with Gasteiger partial charge in [0.15, 0.2) is 0 Å². The molecular weight excluding hydrogens is 300 g/mol. The monoisotopic (exact) mass is 318 g/mol. The molecule has 0 aliphatic carbocycles. The minimum Gasteiger partial charge on any atom is -0.322 e. The van der Waals surface area contributed by atoms with E-state index in [1.165, 1.54) is 21.2 Å². The van der Waals surface area contributed by atoms with Gasteiger partial charge in [-0.1, -0.05) is 36.4 Å². The van der Waals surface area contributed by atoms with Gasteiger partial charge in [-0.2, -0.15) is 0 Å². The highest BCUT2D eigenvalue weighted by Crippen LogP contribution is 2.40. The fraction of sp³-hybridized carbons (Fsp3) is 0.150. The normalized spacial score (nSPS) is 17.3. The number of hydrogen-bond donors (Lipinski definition) is 1. The largest absolute Gasteiger partial charge is 0.322 e. The van der Waals surface area contributed by atoms with Crippen LogP contribution in [0.15, 0.2) is 71.6 Å². The maximum atomic E-state index is 8.19. The predicted octanol–water partition coefficient (Wildman–Crippen LogP) is 5.49. The summed E-state index contributed by atoms with van der Waals surface area (Å²) in [5, 5.41) is 10.7. The minimum atomic E-state index is 0.271. The van der Waals surface area contributed by atoms with E-state index in [-0.39, 0.29) is 6.04 Å². The summed E-state index contributed by atoms with van der Waals surface area (Å²) >= 11 is 1.74. The molecule has 1 unspecified atom stereocenters. The van der Waals surface area contributed by atoms with Gasteiger partial charge < -0.3 is 4.90 Å². The molecule has 1 atom stereocenters. The van der Waals surface area contributed by atoms with Gasteiger partial charge in [0, 0.05) is 17.0 Å². The highest BCUT2D eigenvalue weighted by molar-refractivity contribution is 7.98. The zero-order valence-corrected chi connectivity index (χ0v) is 13.8. The molecular formula is C20H18N2S. The van der Waals surface area contributed by atoms with Crippen molar-refractivity contribution < 1.29 is 0 Å². The molecule has 3 heteroatoms. The Morgan fingerprint density at radius 3 is 2.39 bits per heavy atom. The molecule has 0 radical (unpaired) electrons. The molecule has 1 aliphatic heterocycles. The molecule has 4 rings (SSSR count). The molecule has 0 saturated carbocycles. The molecule has 1 heterocycles. The summed E-state index contributed by atoms with van der Waals surface area (Å²) in [7, 11) is 0. The number of anilines is 1. The molecule has 0 aromatic heterocycles. The summed E-state index contributed by atoms with van der Waals surface area (Å²) in [6, 6.07) is 23.8. The molecule has 1 fully saturated rings. The second-order valence-electron chi connectivity index (χ2n) is 5.84. The molecule has 2 nitrogen and oxygen atoms in total. The molecule has 3 aromatic rings. The van der Waals surface area contributed by atoms with Gasteiger partial charge in [-0.05, 0) is 52.9 Å². The molecule has 1 saturated heterocycles. The number of hydrogen-bond acceptors (Lipinski definition) is 2. The zero-order valence-electron chi connectivity index (χ0n) is 13.0. The second-order valence-corrected chi connectivity index (χ2v) is 6.72. The van der Waals surface area contributed by atoms with Crippen molar-refractivity contribution in [1.29, 1.82) is 5.41 Å². The Morgan fingerprint density at radius 1 is 0.957 bits per heavy atom. The Bertz CT molecular complexity index is 870. The van der Waals surface area contributed by atoms with Crippen molar-refractivity contribution in [3.63, 3.8) is 0 Å². The van der Waals surface area contributed by atoms with Gasteiger partial charge in [0.05, 0.1) is 6.04 Å². The van der Waals surface area contributed by atoms with Crippen molar-refractivity contribution in [1.82, 2.24) is 0 Å². The van der Waals surface area contributed by atoms with Gasteiger partial charge in [-0.25, -0.2) is 0 Å². The fourth-order valence-corrected chi connectivity index (χ4v) is 3.62. The van der Waals surface area contributed by atoms with Crippen LogP contribution in [0, 0.1) is 5.41 Å². The third-order valence-corrected chi connectivity index (χ3v) is 5.24. The van der Waals surface area contributed by atoms with Crippen LogP contribution < -0.4 is 4.90 Å². The highest BCUT2D eigenvalue weighted by Gasteiger charge is 2.35. The molecule has 1 aliphatic rings. The lowest BCUT2D eigenvalue weighted by Gasteiger charge is -2.43. The van der Waals surface area contributed by atoms with E-state index in [2.05, 4.69) is 77.9 Å². The number of nitrogens with one attached hydrogen (secondary N) is 1. The van der Waals surface area contributed by atoms with Crippen molar-refractivity contribution >= 4 is 34.1 Å². The van der Waals surface area contributed by atoms with Gasteiger partial charge in [0.2, 0.25) is 0 Å². The Labute approximate surface area is 140 Å². The maximum absolute atomic E-state index is 8.19. The Kier molecular flexibility index (Phi) is 3.58. The fourth-order valence-electron chi connectivity index (χ4n) is 3.21. The lowest BCUT2D eigenvalue weighted by Crippen LogP contribution is -2.46. The van der Waals surface area contributed by atoms with Gasteiger partial charge in [0.25, 0.3) is 0 Å². The van der Waals surface area contributed by atoms with Crippen LogP contribution >= 0.6 is 11.8 Å². The summed E-state index contributed by atoms with van der Waals surface area (Å²) in [5.74, 6) is 0.695. The van der Waals surface area contributed by atoms with Crippen LogP contribution in [0.4, 0.5) is 5.69 Å². The smallest absolute Gasteiger partial charge is 0.103 e. The molecule has 0 bridgehead atoms. The first-order chi connectivity index (χ1) is 11.3. The van der Waals surface area contributed by atoms with Crippen LogP contribution in [-0.4, -0.2) is 12.1 Å². The van der Waals surface area contributed by atoms with E-state index < -0.39 is 0 Å². The van der Waals surface area contributed by atoms with Gasteiger partial charge >= 0.3 is 0 Å². The maximum Gasteiger partial charge on any atom is 0.103 e. The quantitative estimate of drug-likeness (QED) is 0.646. The molecule has 0 spiro atoms. The number of fused-ring (bicyclic) bond motifs is 1. The summed E-state index contributed by atoms with van der Waals surface area (Å²) in [5.41, 5.74) is 2.39. The van der Waals surface area contributed by atoms with Gasteiger partial charge in [-0.15, -0.1) is 11.8 Å². The van der Waals surface area contributed by atoms with Crippen LogP contribution in [-0.2, 0) is 0 Å². The summed E-state index contributed by atoms with van der Waals surface area (Å²) in [6.07, 6.45) is 2.89. The van der Waals surface area contributed by atoms with Crippen LogP contribution in [0.3, 0.4) is 0 Å². The number of amidine groups is 1. The van der Waals surface area contributed by atoms with Crippen molar-refractivity contribution in [3.8, 4) is 0 Å². The lowest BCUT2D eigenvalue weighted by atomic mass is 9.91. The van der Waals surface area contributed by atoms with Crippen molar-refractivity contribution in [2.75, 3.05) is 11.2 Å². The minimum absolute atomic E-state index is 0.271. The third-order valence-electron chi connectivity index (χ3n) is 4.50. The summed E-state index contributed by atoms with van der Waals surface area (Å²) in [6.45, 7) is 0. The number of benzene rings is 3. The molecule has 1 N–H and O–H groups in total. The van der Waals surface area contributed by atoms with E-state index in [4.69, 9.17) is 5.41 Å². The van der Waals surface area contributed by atoms with E-state index in [1.54, 1.807) is 11.8 Å². The molecule has 114 valence electrons. The standard InChI is InChI=1S/C20H18N2S/c1-23-18-10-8-17(9-11-18)22-19(13-20(22)21)16-7-6-14-4-2-3-5-15(14)12-16/h2-12,19,21H,13H2,1H3. The molecule has 0 amide bonds. The van der Waals surface area contributed by atoms with Crippen LogP contribution in [0.2, 0.25) is 0 Å². The topological polar surface area (TPSA) is 27.1 Å². The van der Waals surface area contributed by atoms with Crippen LogP contribution in [0.1, 0.15) is 18.0 Å². The zero-order chi connectivity index (χ0) is 15.8. The van der Waals surface area contributed by atoms with E-state index in [0.717, 1.165) is 12.1 Å². The molecule has 3 aromatic carbocycles. The van der Waals surface area contributed by atoms with E-state index in [9.17, 15) is 0 Å². The molecule has 23 heavy (non-hydrogen) atoms. The van der Waals surface area contributed by atoms with Gasteiger partial charge in [0.1, 0.15) is 5.84 Å². The first kappa shape index (κ1) is 14.3. The second kappa shape index (κ2) is 5.74. The Hall–Kier alpha value is -2.26. The van der Waals surface area contributed by atoms with E-state index >= 15 is 0 Å². The average molecular weight is 318 g/mol. The summed E-state index contributed by atoms with van der Waals surface area (Å²) < 4.78 is 0. The SMILES string of the molecule is CSc1ccc(N2C(=N)CC2c2ccc3ccccc3c2)cc1. The Morgan fingerprint density at radius 2 is 1.70 bits per heavy atom. The third kappa shape index (κ3) is 2.51. The number of rotatable bonds is 3.